The molecule has 0 spiro atoms. The van der Waals surface area contributed by atoms with E-state index in [4.69, 9.17) is 10.8 Å². The molecule has 1 aromatic carbocycles. The van der Waals surface area contributed by atoms with Gasteiger partial charge in [-0.2, -0.15) is 0 Å². The molecule has 17 heavy (non-hydrogen) atoms. The molecule has 0 fully saturated rings. The highest BCUT2D eigenvalue weighted by molar-refractivity contribution is 5.87. The molecule has 0 aromatic heterocycles. The van der Waals surface area contributed by atoms with Crippen LogP contribution >= 0.6 is 0 Å². The third-order valence-corrected chi connectivity index (χ3v) is 2.22. The number of nitrogens with one attached hydrogen (secondary N) is 1. The fourth-order valence-corrected chi connectivity index (χ4v) is 1.31. The van der Waals surface area contributed by atoms with Gasteiger partial charge in [-0.05, 0) is 36.8 Å². The van der Waals surface area contributed by atoms with E-state index in [0.29, 0.717) is 23.4 Å². The molecule has 0 bridgehead atoms. The number of aliphatic carboxylic acids is 1. The van der Waals surface area contributed by atoms with E-state index in [0.717, 1.165) is 5.69 Å². The van der Waals surface area contributed by atoms with Gasteiger partial charge in [0.2, 0.25) is 0 Å². The van der Waals surface area contributed by atoms with Gasteiger partial charge in [0.05, 0.1) is 0 Å². The number of carboxylic acids is 1. The second-order valence-corrected chi connectivity index (χ2v) is 3.60. The maximum atomic E-state index is 10.8. The Kier molecular flexibility index (Phi) is 4.34. The zero-order valence-electron chi connectivity index (χ0n) is 9.73. The molecule has 1 aromatic rings. The highest BCUT2D eigenvalue weighted by atomic mass is 16.4. The van der Waals surface area contributed by atoms with Crippen molar-refractivity contribution in [2.24, 2.45) is 0 Å². The Morgan fingerprint density at radius 1 is 1.47 bits per heavy atom. The minimum absolute atomic E-state index is 0.318. The van der Waals surface area contributed by atoms with Crippen LogP contribution in [0.3, 0.4) is 0 Å². The first-order chi connectivity index (χ1) is 8.02. The van der Waals surface area contributed by atoms with Gasteiger partial charge in [-0.15, -0.1) is 0 Å². The Bertz CT molecular complexity index is 447. The van der Waals surface area contributed by atoms with E-state index in [1.54, 1.807) is 31.2 Å². The van der Waals surface area contributed by atoms with Crippen molar-refractivity contribution in [3.63, 3.8) is 0 Å². The minimum atomic E-state index is -0.923. The highest BCUT2D eigenvalue weighted by Gasteiger charge is 2.04. The number of hydrogen-bond donors (Lipinski definition) is 3. The number of benzene rings is 1. The lowest BCUT2D eigenvalue weighted by Gasteiger charge is -2.07. The van der Waals surface area contributed by atoms with Crippen LogP contribution in [0.25, 0.3) is 0 Å². The summed E-state index contributed by atoms with van der Waals surface area (Å²) in [4.78, 5) is 10.8. The van der Waals surface area contributed by atoms with Crippen molar-refractivity contribution in [3.05, 3.63) is 48.2 Å². The molecule has 4 heteroatoms. The number of nitrogens with two attached hydrogens (primary N) is 1. The van der Waals surface area contributed by atoms with Crippen molar-refractivity contribution >= 4 is 17.3 Å². The lowest BCUT2D eigenvalue weighted by atomic mass is 10.1. The van der Waals surface area contributed by atoms with E-state index < -0.39 is 5.97 Å². The second-order valence-electron chi connectivity index (χ2n) is 3.60. The molecule has 0 saturated carbocycles. The van der Waals surface area contributed by atoms with E-state index in [1.165, 1.54) is 6.08 Å². The van der Waals surface area contributed by atoms with Crippen LogP contribution in [0.15, 0.2) is 48.2 Å². The number of rotatable bonds is 5. The lowest BCUT2D eigenvalue weighted by molar-refractivity contribution is -0.132. The van der Waals surface area contributed by atoms with Gasteiger partial charge in [0, 0.05) is 22.6 Å². The summed E-state index contributed by atoms with van der Waals surface area (Å²) >= 11 is 0. The third kappa shape index (κ3) is 4.03. The molecule has 0 radical (unpaired) electrons. The molecule has 0 amide bonds. The number of allylic oxidation sites excluding steroid dienone is 1. The van der Waals surface area contributed by atoms with E-state index in [1.807, 2.05) is 0 Å². The minimum Gasteiger partial charge on any atom is -0.478 e. The molecule has 1 rings (SSSR count). The summed E-state index contributed by atoms with van der Waals surface area (Å²) in [5.41, 5.74) is 7.91. The number of hydrogen-bond acceptors (Lipinski definition) is 3. The molecular formula is C13H16N2O2. The predicted molar refractivity (Wildman–Crippen MR) is 69.6 cm³/mol. The topological polar surface area (TPSA) is 75.3 Å². The van der Waals surface area contributed by atoms with Crippen LogP contribution in [0.5, 0.6) is 0 Å². The Labute approximate surface area is 100 Å². The summed E-state index contributed by atoms with van der Waals surface area (Å²) < 4.78 is 0. The fourth-order valence-electron chi connectivity index (χ4n) is 1.31. The van der Waals surface area contributed by atoms with Gasteiger partial charge in [-0.1, -0.05) is 13.5 Å². The van der Waals surface area contributed by atoms with Crippen molar-refractivity contribution in [3.8, 4) is 0 Å². The van der Waals surface area contributed by atoms with Crippen LogP contribution in [0, 0.1) is 0 Å². The second kappa shape index (κ2) is 5.75. The zero-order chi connectivity index (χ0) is 12.8. The van der Waals surface area contributed by atoms with Crippen molar-refractivity contribution in [2.45, 2.75) is 13.3 Å². The number of nitrogen functional groups attached to an aromatic ring is 1. The molecule has 90 valence electrons. The molecule has 0 unspecified atom stereocenters. The SMILES string of the molecule is C=C(C=C(CC)C(=O)O)Nc1ccc(N)cc1. The summed E-state index contributed by atoms with van der Waals surface area (Å²) in [5.74, 6) is -0.923. The largest absolute Gasteiger partial charge is 0.478 e. The Morgan fingerprint density at radius 3 is 2.53 bits per heavy atom. The van der Waals surface area contributed by atoms with Crippen LogP contribution in [0.1, 0.15) is 13.3 Å². The van der Waals surface area contributed by atoms with Gasteiger partial charge in [-0.25, -0.2) is 4.79 Å². The van der Waals surface area contributed by atoms with Crippen molar-refractivity contribution in [1.29, 1.82) is 0 Å². The first-order valence-corrected chi connectivity index (χ1v) is 5.28. The van der Waals surface area contributed by atoms with Gasteiger partial charge in [-0.3, -0.25) is 0 Å². The number of carbonyl (C=O) groups is 1. The predicted octanol–water partition coefficient (Wildman–Crippen LogP) is 2.62. The van der Waals surface area contributed by atoms with E-state index in [9.17, 15) is 4.79 Å². The quantitative estimate of drug-likeness (QED) is 0.414. The molecule has 0 aliphatic carbocycles. The van der Waals surface area contributed by atoms with Crippen LogP contribution in [-0.4, -0.2) is 11.1 Å². The monoisotopic (exact) mass is 232 g/mol. The van der Waals surface area contributed by atoms with Gasteiger partial charge < -0.3 is 16.2 Å². The standard InChI is InChI=1S/C13H16N2O2/c1-3-10(13(16)17)8-9(2)15-12-6-4-11(14)5-7-12/h4-8,15H,2-3,14H2,1H3,(H,16,17). The molecular weight excluding hydrogens is 216 g/mol. The van der Waals surface area contributed by atoms with E-state index in [2.05, 4.69) is 11.9 Å². The van der Waals surface area contributed by atoms with Gasteiger partial charge in [0.25, 0.3) is 0 Å². The molecule has 0 saturated heterocycles. The summed E-state index contributed by atoms with van der Waals surface area (Å²) in [5, 5.41) is 11.9. The Morgan fingerprint density at radius 2 is 2.06 bits per heavy atom. The first-order valence-electron chi connectivity index (χ1n) is 5.28. The summed E-state index contributed by atoms with van der Waals surface area (Å²) in [6, 6.07) is 7.13. The lowest BCUT2D eigenvalue weighted by Crippen LogP contribution is -2.03. The maximum Gasteiger partial charge on any atom is 0.331 e. The van der Waals surface area contributed by atoms with Crippen LogP contribution < -0.4 is 11.1 Å². The maximum absolute atomic E-state index is 10.8. The zero-order valence-corrected chi connectivity index (χ0v) is 9.73. The van der Waals surface area contributed by atoms with Gasteiger partial charge in [0.15, 0.2) is 0 Å². The molecule has 0 atom stereocenters. The van der Waals surface area contributed by atoms with Gasteiger partial charge >= 0.3 is 5.97 Å². The molecule has 0 aliphatic heterocycles. The van der Waals surface area contributed by atoms with Crippen molar-refractivity contribution in [2.75, 3.05) is 11.1 Å². The summed E-state index contributed by atoms with van der Waals surface area (Å²) in [7, 11) is 0. The van der Waals surface area contributed by atoms with Gasteiger partial charge in [0.1, 0.15) is 0 Å². The molecule has 0 aliphatic rings. The average molecular weight is 232 g/mol. The Balaban J connectivity index is 2.72. The number of carboxylic acid groups (broad SMARTS) is 1. The van der Waals surface area contributed by atoms with Crippen LogP contribution in [-0.2, 0) is 4.79 Å². The van der Waals surface area contributed by atoms with Crippen LogP contribution in [0.2, 0.25) is 0 Å². The van der Waals surface area contributed by atoms with Crippen molar-refractivity contribution in [1.82, 2.24) is 0 Å². The van der Waals surface area contributed by atoms with Crippen LogP contribution in [0.4, 0.5) is 11.4 Å². The van der Waals surface area contributed by atoms with Crippen molar-refractivity contribution < 1.29 is 9.90 Å². The smallest absolute Gasteiger partial charge is 0.331 e. The molecule has 0 heterocycles. The number of anilines is 2. The third-order valence-electron chi connectivity index (χ3n) is 2.22. The van der Waals surface area contributed by atoms with E-state index in [-0.39, 0.29) is 0 Å². The Hall–Kier alpha value is -2.23. The molecule has 4 nitrogen and oxygen atoms in total. The fraction of sp³-hybridized carbons (Fsp3) is 0.154. The first kappa shape index (κ1) is 12.8. The average Bonchev–Trinajstić information content (AvgIpc) is 2.28. The molecule has 4 N–H and O–H groups in total. The summed E-state index contributed by atoms with van der Waals surface area (Å²) in [6.07, 6.45) is 1.98. The highest BCUT2D eigenvalue weighted by Crippen LogP contribution is 2.14. The normalized spacial score (nSPS) is 11.0. The summed E-state index contributed by atoms with van der Waals surface area (Å²) in [6.45, 7) is 5.55. The van der Waals surface area contributed by atoms with E-state index >= 15 is 0 Å².